The van der Waals surface area contributed by atoms with Crippen molar-refractivity contribution in [2.24, 2.45) is 11.3 Å². The largest absolute Gasteiger partial charge is 0.356 e. The van der Waals surface area contributed by atoms with Gasteiger partial charge in [0.2, 0.25) is 5.95 Å². The highest BCUT2D eigenvalue weighted by atomic mass is 15.3. The van der Waals surface area contributed by atoms with Crippen LogP contribution in [0.1, 0.15) is 33.1 Å². The maximum atomic E-state index is 5.45. The minimum absolute atomic E-state index is 0.395. The van der Waals surface area contributed by atoms with Gasteiger partial charge in [0.05, 0.1) is 11.6 Å². The van der Waals surface area contributed by atoms with Crippen molar-refractivity contribution in [2.75, 3.05) is 23.4 Å². The summed E-state index contributed by atoms with van der Waals surface area (Å²) in [6.45, 7) is 6.66. The lowest BCUT2D eigenvalue weighted by Gasteiger charge is -2.24. The van der Waals surface area contributed by atoms with Gasteiger partial charge in [-0.1, -0.05) is 13.8 Å². The number of hydrogen-bond donors (Lipinski definition) is 3. The first-order chi connectivity index (χ1) is 9.59. The average Bonchev–Trinajstić information content (AvgIpc) is 2.82. The molecule has 3 heterocycles. The Morgan fingerprint density at radius 2 is 2.15 bits per heavy atom. The van der Waals surface area contributed by atoms with Crippen LogP contribution in [0.15, 0.2) is 6.20 Å². The van der Waals surface area contributed by atoms with Gasteiger partial charge in [0.1, 0.15) is 5.82 Å². The van der Waals surface area contributed by atoms with Gasteiger partial charge in [0.25, 0.3) is 0 Å². The average molecular weight is 275 g/mol. The van der Waals surface area contributed by atoms with Crippen molar-refractivity contribution in [3.8, 4) is 0 Å². The Balaban J connectivity index is 1.98. The van der Waals surface area contributed by atoms with Crippen LogP contribution in [0.25, 0.3) is 11.0 Å². The van der Waals surface area contributed by atoms with Crippen molar-refractivity contribution in [2.45, 2.75) is 33.1 Å². The molecule has 7 nitrogen and oxygen atoms in total. The smallest absolute Gasteiger partial charge is 0.241 e. The van der Waals surface area contributed by atoms with Crippen LogP contribution >= 0.6 is 0 Å². The number of nitrogens with one attached hydrogen (secondary N) is 2. The Labute approximate surface area is 117 Å². The standard InChI is InChI=1S/C13H21N7/c1-13(2)4-3-6-20(7-5-13)11-9-8-15-19-10(9)16-12(17-11)18-14/h8H,3-7,14H2,1-2H3,(H2,15,16,17,18,19). The molecule has 1 fully saturated rings. The molecule has 108 valence electrons. The molecule has 0 radical (unpaired) electrons. The number of nitrogens with two attached hydrogens (primary N) is 1. The lowest BCUT2D eigenvalue weighted by molar-refractivity contribution is 0.325. The zero-order valence-corrected chi connectivity index (χ0v) is 12.0. The molecule has 1 aliphatic rings. The summed E-state index contributed by atoms with van der Waals surface area (Å²) in [5.41, 5.74) is 3.63. The Morgan fingerprint density at radius 3 is 2.95 bits per heavy atom. The van der Waals surface area contributed by atoms with Crippen LogP contribution in [0.2, 0.25) is 0 Å². The number of nitrogens with zero attached hydrogens (tertiary/aromatic N) is 4. The normalized spacial score (nSPS) is 19.1. The topological polar surface area (TPSA) is 95.8 Å². The molecular formula is C13H21N7. The Bertz CT molecular complexity index is 604. The fraction of sp³-hybridized carbons (Fsp3) is 0.615. The molecule has 0 aromatic carbocycles. The predicted molar refractivity (Wildman–Crippen MR) is 79.3 cm³/mol. The van der Waals surface area contributed by atoms with Gasteiger partial charge < -0.3 is 4.90 Å². The zero-order chi connectivity index (χ0) is 14.2. The molecule has 3 rings (SSSR count). The summed E-state index contributed by atoms with van der Waals surface area (Å²) in [7, 11) is 0. The van der Waals surface area contributed by atoms with Crippen LogP contribution in [0.5, 0.6) is 0 Å². The van der Waals surface area contributed by atoms with E-state index in [0.29, 0.717) is 17.0 Å². The van der Waals surface area contributed by atoms with E-state index in [9.17, 15) is 0 Å². The summed E-state index contributed by atoms with van der Waals surface area (Å²) in [5.74, 6) is 6.78. The van der Waals surface area contributed by atoms with E-state index in [1.165, 1.54) is 12.8 Å². The van der Waals surface area contributed by atoms with Gasteiger partial charge in [-0.25, -0.2) is 5.84 Å². The minimum Gasteiger partial charge on any atom is -0.356 e. The third-order valence-electron chi connectivity index (χ3n) is 4.06. The molecule has 0 amide bonds. The van der Waals surface area contributed by atoms with Crippen LogP contribution in [0, 0.1) is 5.41 Å². The van der Waals surface area contributed by atoms with Crippen molar-refractivity contribution in [3.05, 3.63) is 6.20 Å². The summed E-state index contributed by atoms with van der Waals surface area (Å²) < 4.78 is 0. The van der Waals surface area contributed by atoms with Crippen molar-refractivity contribution < 1.29 is 0 Å². The number of hydrazine groups is 1. The fourth-order valence-corrected chi connectivity index (χ4v) is 2.76. The maximum absolute atomic E-state index is 5.45. The van der Waals surface area contributed by atoms with Crippen LogP contribution in [-0.2, 0) is 0 Å². The summed E-state index contributed by atoms with van der Waals surface area (Å²) in [5, 5.41) is 7.89. The quantitative estimate of drug-likeness (QED) is 0.570. The van der Waals surface area contributed by atoms with E-state index < -0.39 is 0 Å². The van der Waals surface area contributed by atoms with E-state index in [0.717, 1.165) is 30.7 Å². The number of H-pyrrole nitrogens is 1. The van der Waals surface area contributed by atoms with Crippen molar-refractivity contribution in [1.82, 2.24) is 20.2 Å². The number of anilines is 2. The number of fused-ring (bicyclic) bond motifs is 1. The Hall–Kier alpha value is -1.89. The molecule has 0 saturated carbocycles. The van der Waals surface area contributed by atoms with Gasteiger partial charge in [0.15, 0.2) is 5.65 Å². The Morgan fingerprint density at radius 1 is 1.30 bits per heavy atom. The van der Waals surface area contributed by atoms with Gasteiger partial charge in [-0.05, 0) is 24.7 Å². The molecule has 7 heteroatoms. The predicted octanol–water partition coefficient (Wildman–Crippen LogP) is 1.65. The number of rotatable bonds is 2. The van der Waals surface area contributed by atoms with Crippen molar-refractivity contribution in [3.63, 3.8) is 0 Å². The van der Waals surface area contributed by atoms with Crippen molar-refractivity contribution >= 4 is 22.8 Å². The summed E-state index contributed by atoms with van der Waals surface area (Å²) in [6, 6.07) is 0. The van der Waals surface area contributed by atoms with Gasteiger partial charge in [0, 0.05) is 13.1 Å². The molecule has 1 saturated heterocycles. The lowest BCUT2D eigenvalue weighted by atomic mass is 9.85. The number of hydrogen-bond acceptors (Lipinski definition) is 6. The first kappa shape index (κ1) is 13.1. The molecule has 0 atom stereocenters. The van der Waals surface area contributed by atoms with E-state index >= 15 is 0 Å². The first-order valence-corrected chi connectivity index (χ1v) is 7.02. The maximum Gasteiger partial charge on any atom is 0.241 e. The highest BCUT2D eigenvalue weighted by Gasteiger charge is 2.25. The van der Waals surface area contributed by atoms with Gasteiger partial charge in [-0.3, -0.25) is 10.5 Å². The third kappa shape index (κ3) is 2.40. The molecule has 4 N–H and O–H groups in total. The van der Waals surface area contributed by atoms with E-state index in [4.69, 9.17) is 5.84 Å². The second-order valence-electron chi connectivity index (χ2n) is 6.15. The summed E-state index contributed by atoms with van der Waals surface area (Å²) in [6.07, 6.45) is 5.34. The van der Waals surface area contributed by atoms with Crippen LogP contribution in [0.4, 0.5) is 11.8 Å². The van der Waals surface area contributed by atoms with E-state index in [1.54, 1.807) is 6.20 Å². The van der Waals surface area contributed by atoms with E-state index in [-0.39, 0.29) is 0 Å². The van der Waals surface area contributed by atoms with Crippen LogP contribution in [0.3, 0.4) is 0 Å². The molecule has 1 aliphatic heterocycles. The van der Waals surface area contributed by atoms with Crippen LogP contribution < -0.4 is 16.2 Å². The molecular weight excluding hydrogens is 254 g/mol. The highest BCUT2D eigenvalue weighted by Crippen LogP contribution is 2.33. The number of aromatic nitrogens is 4. The summed E-state index contributed by atoms with van der Waals surface area (Å²) >= 11 is 0. The molecule has 0 aliphatic carbocycles. The van der Waals surface area contributed by atoms with E-state index in [1.807, 2.05) is 0 Å². The zero-order valence-electron chi connectivity index (χ0n) is 12.0. The third-order valence-corrected chi connectivity index (χ3v) is 4.06. The van der Waals surface area contributed by atoms with Gasteiger partial charge >= 0.3 is 0 Å². The molecule has 2 aromatic heterocycles. The fourth-order valence-electron chi connectivity index (χ4n) is 2.76. The molecule has 2 aromatic rings. The highest BCUT2D eigenvalue weighted by molar-refractivity contribution is 5.87. The molecule has 20 heavy (non-hydrogen) atoms. The second-order valence-corrected chi connectivity index (χ2v) is 6.15. The summed E-state index contributed by atoms with van der Waals surface area (Å²) in [4.78, 5) is 11.1. The van der Waals surface area contributed by atoms with Gasteiger partial charge in [-0.15, -0.1) is 0 Å². The molecule has 0 unspecified atom stereocenters. The van der Waals surface area contributed by atoms with Crippen molar-refractivity contribution in [1.29, 1.82) is 0 Å². The SMILES string of the molecule is CC1(C)CCCN(c2nc(NN)nc3[nH]ncc23)CC1. The Kier molecular flexibility index (Phi) is 3.21. The van der Waals surface area contributed by atoms with Gasteiger partial charge in [-0.2, -0.15) is 15.1 Å². The monoisotopic (exact) mass is 275 g/mol. The number of nitrogen functional groups attached to an aromatic ring is 1. The molecule has 0 spiro atoms. The van der Waals surface area contributed by atoms with Crippen LogP contribution in [-0.4, -0.2) is 33.3 Å². The lowest BCUT2D eigenvalue weighted by Crippen LogP contribution is -2.27. The van der Waals surface area contributed by atoms with E-state index in [2.05, 4.69) is 44.3 Å². The number of aromatic amines is 1. The minimum atomic E-state index is 0.395. The molecule has 0 bridgehead atoms. The first-order valence-electron chi connectivity index (χ1n) is 7.02. The second kappa shape index (κ2) is 4.90.